The molecule has 6 nitrogen and oxygen atoms in total. The normalized spacial score (nSPS) is 10.9. The minimum Gasteiger partial charge on any atom is -0.481 e. The Morgan fingerprint density at radius 1 is 1.28 bits per heavy atom. The molecule has 2 heterocycles. The zero-order chi connectivity index (χ0) is 20.8. The van der Waals surface area contributed by atoms with Gasteiger partial charge in [-0.2, -0.15) is 4.37 Å². The van der Waals surface area contributed by atoms with Crippen molar-refractivity contribution in [1.29, 1.82) is 0 Å². The van der Waals surface area contributed by atoms with Crippen molar-refractivity contribution in [3.63, 3.8) is 0 Å². The SMILES string of the molecule is C=C(Nc1cnsc1OCCCCNC)c1nc(-c2c(F)cccc2F)sc1N. The van der Waals surface area contributed by atoms with Gasteiger partial charge in [-0.3, -0.25) is 0 Å². The maximum absolute atomic E-state index is 14.1. The second-order valence-corrected chi connectivity index (χ2v) is 7.91. The first-order chi connectivity index (χ1) is 14.0. The molecule has 0 aliphatic heterocycles. The number of nitrogens with two attached hydrogens (primary N) is 1. The van der Waals surface area contributed by atoms with Gasteiger partial charge in [0.25, 0.3) is 0 Å². The van der Waals surface area contributed by atoms with Crippen molar-refractivity contribution >= 4 is 39.3 Å². The van der Waals surface area contributed by atoms with Crippen molar-refractivity contribution in [3.05, 3.63) is 48.3 Å². The summed E-state index contributed by atoms with van der Waals surface area (Å²) in [5.74, 6) is -1.39. The third-order valence-electron chi connectivity index (χ3n) is 3.99. The third kappa shape index (κ3) is 5.08. The molecule has 2 aromatic heterocycles. The van der Waals surface area contributed by atoms with Crippen LogP contribution in [0.25, 0.3) is 16.3 Å². The van der Waals surface area contributed by atoms with E-state index >= 15 is 0 Å². The highest BCUT2D eigenvalue weighted by molar-refractivity contribution is 7.19. The Bertz CT molecular complexity index is 969. The van der Waals surface area contributed by atoms with Gasteiger partial charge in [-0.15, -0.1) is 0 Å². The summed E-state index contributed by atoms with van der Waals surface area (Å²) in [6.07, 6.45) is 3.55. The largest absolute Gasteiger partial charge is 0.481 e. The number of hydrogen-bond acceptors (Lipinski definition) is 8. The lowest BCUT2D eigenvalue weighted by atomic mass is 10.2. The van der Waals surface area contributed by atoms with E-state index in [-0.39, 0.29) is 10.6 Å². The monoisotopic (exact) mass is 437 g/mol. The quantitative estimate of drug-likeness (QED) is 0.402. The van der Waals surface area contributed by atoms with Crippen LogP contribution in [-0.2, 0) is 0 Å². The maximum atomic E-state index is 14.1. The van der Waals surface area contributed by atoms with Crippen molar-refractivity contribution in [2.24, 2.45) is 0 Å². The van der Waals surface area contributed by atoms with Gasteiger partial charge in [0.1, 0.15) is 33.0 Å². The van der Waals surface area contributed by atoms with Crippen LogP contribution in [-0.4, -0.2) is 29.6 Å². The Labute approximate surface area is 175 Å². The maximum Gasteiger partial charge on any atom is 0.217 e. The molecule has 0 saturated heterocycles. The molecule has 0 aliphatic rings. The fourth-order valence-electron chi connectivity index (χ4n) is 2.56. The van der Waals surface area contributed by atoms with E-state index in [1.807, 2.05) is 7.05 Å². The predicted molar refractivity (Wildman–Crippen MR) is 115 cm³/mol. The zero-order valence-corrected chi connectivity index (χ0v) is 17.4. The predicted octanol–water partition coefficient (Wildman–Crippen LogP) is 4.59. The number of benzene rings is 1. The molecule has 3 rings (SSSR count). The van der Waals surface area contributed by atoms with Gasteiger partial charge in [0.2, 0.25) is 5.06 Å². The molecule has 0 bridgehead atoms. The van der Waals surface area contributed by atoms with E-state index in [1.54, 1.807) is 6.20 Å². The summed E-state index contributed by atoms with van der Waals surface area (Å²) >= 11 is 2.22. The highest BCUT2D eigenvalue weighted by Crippen LogP contribution is 2.37. The summed E-state index contributed by atoms with van der Waals surface area (Å²) < 4.78 is 38.0. The Morgan fingerprint density at radius 3 is 2.76 bits per heavy atom. The van der Waals surface area contributed by atoms with Crippen LogP contribution in [0.1, 0.15) is 18.5 Å². The summed E-state index contributed by atoms with van der Waals surface area (Å²) in [6.45, 7) is 5.46. The minimum absolute atomic E-state index is 0.153. The molecule has 10 heteroatoms. The van der Waals surface area contributed by atoms with E-state index in [1.165, 1.54) is 29.7 Å². The fraction of sp³-hybridized carbons (Fsp3) is 0.263. The van der Waals surface area contributed by atoms with Gasteiger partial charge >= 0.3 is 0 Å². The van der Waals surface area contributed by atoms with Crippen LogP contribution >= 0.6 is 22.9 Å². The van der Waals surface area contributed by atoms with Crippen LogP contribution in [0.3, 0.4) is 0 Å². The molecular weight excluding hydrogens is 416 g/mol. The number of hydrogen-bond donors (Lipinski definition) is 3. The smallest absolute Gasteiger partial charge is 0.217 e. The van der Waals surface area contributed by atoms with Crippen LogP contribution in [0.2, 0.25) is 0 Å². The van der Waals surface area contributed by atoms with E-state index in [0.29, 0.717) is 33.7 Å². The molecular formula is C19H21F2N5OS2. The number of aromatic nitrogens is 2. The van der Waals surface area contributed by atoms with E-state index in [9.17, 15) is 8.78 Å². The molecule has 1 aromatic carbocycles. The summed E-state index contributed by atoms with van der Waals surface area (Å²) in [4.78, 5) is 4.29. The van der Waals surface area contributed by atoms with Gasteiger partial charge in [0.15, 0.2) is 0 Å². The van der Waals surface area contributed by atoms with Crippen molar-refractivity contribution in [1.82, 2.24) is 14.7 Å². The van der Waals surface area contributed by atoms with E-state index in [4.69, 9.17) is 10.5 Å². The van der Waals surface area contributed by atoms with Gasteiger partial charge in [0, 0.05) is 11.5 Å². The number of rotatable bonds is 10. The average Bonchev–Trinajstić information content (AvgIpc) is 3.28. The molecule has 0 atom stereocenters. The molecule has 0 spiro atoms. The number of thiazole rings is 1. The lowest BCUT2D eigenvalue weighted by Gasteiger charge is -2.09. The lowest BCUT2D eigenvalue weighted by Crippen LogP contribution is -2.09. The number of halogens is 2. The molecule has 0 unspecified atom stereocenters. The van der Waals surface area contributed by atoms with Gasteiger partial charge in [0.05, 0.1) is 24.1 Å². The first-order valence-corrected chi connectivity index (χ1v) is 10.5. The molecule has 0 amide bonds. The number of ether oxygens (including phenoxy) is 1. The Balaban J connectivity index is 1.71. The van der Waals surface area contributed by atoms with E-state index < -0.39 is 11.6 Å². The van der Waals surface area contributed by atoms with Crippen LogP contribution in [0, 0.1) is 11.6 Å². The first kappa shape index (κ1) is 21.2. The van der Waals surface area contributed by atoms with Crippen LogP contribution in [0.5, 0.6) is 5.06 Å². The minimum atomic E-state index is -0.695. The van der Waals surface area contributed by atoms with Crippen LogP contribution in [0.4, 0.5) is 19.5 Å². The molecule has 3 aromatic rings. The Hall–Kier alpha value is -2.56. The molecule has 29 heavy (non-hydrogen) atoms. The molecule has 4 N–H and O–H groups in total. The number of nitrogens with zero attached hydrogens (tertiary/aromatic N) is 2. The fourth-order valence-corrected chi connectivity index (χ4v) is 4.06. The van der Waals surface area contributed by atoms with Crippen molar-refractivity contribution in [2.75, 3.05) is 31.2 Å². The average molecular weight is 438 g/mol. The van der Waals surface area contributed by atoms with Crippen molar-refractivity contribution in [2.45, 2.75) is 12.8 Å². The van der Waals surface area contributed by atoms with Gasteiger partial charge < -0.3 is 21.1 Å². The molecule has 0 saturated carbocycles. The second-order valence-electron chi connectivity index (χ2n) is 6.12. The van der Waals surface area contributed by atoms with Gasteiger partial charge in [-0.1, -0.05) is 24.0 Å². The van der Waals surface area contributed by atoms with Crippen molar-refractivity contribution < 1.29 is 13.5 Å². The van der Waals surface area contributed by atoms with E-state index in [0.717, 1.165) is 30.7 Å². The molecule has 0 radical (unpaired) electrons. The zero-order valence-electron chi connectivity index (χ0n) is 15.8. The summed E-state index contributed by atoms with van der Waals surface area (Å²) in [6, 6.07) is 3.66. The standard InChI is InChI=1S/C19H21F2N5OS2/c1-11(25-14-10-24-29-19(14)27-9-4-3-8-23-2)16-17(22)28-18(26-16)15-12(20)6-5-7-13(15)21/h5-7,10,23,25H,1,3-4,8-9,22H2,2H3. The van der Waals surface area contributed by atoms with Gasteiger partial charge in [-0.05, 0) is 38.6 Å². The second kappa shape index (κ2) is 9.77. The first-order valence-electron chi connectivity index (χ1n) is 8.90. The summed E-state index contributed by atoms with van der Waals surface area (Å²) in [5, 5.41) is 7.26. The number of nitrogens with one attached hydrogen (secondary N) is 2. The van der Waals surface area contributed by atoms with Crippen molar-refractivity contribution in [3.8, 4) is 15.6 Å². The summed E-state index contributed by atoms with van der Waals surface area (Å²) in [7, 11) is 1.91. The number of nitrogen functional groups attached to an aromatic ring is 1. The summed E-state index contributed by atoms with van der Waals surface area (Å²) in [5.41, 5.74) is 7.19. The Kier molecular flexibility index (Phi) is 7.13. The molecule has 0 fully saturated rings. The Morgan fingerprint density at radius 2 is 2.03 bits per heavy atom. The molecule has 0 aliphatic carbocycles. The lowest BCUT2D eigenvalue weighted by molar-refractivity contribution is 0.316. The number of anilines is 2. The van der Waals surface area contributed by atoms with Gasteiger partial charge in [-0.25, -0.2) is 13.8 Å². The highest BCUT2D eigenvalue weighted by atomic mass is 32.1. The van der Waals surface area contributed by atoms with Crippen LogP contribution in [0.15, 0.2) is 31.0 Å². The topological polar surface area (TPSA) is 85.1 Å². The third-order valence-corrected chi connectivity index (χ3v) is 5.61. The van der Waals surface area contributed by atoms with Crippen LogP contribution < -0.4 is 21.1 Å². The highest BCUT2D eigenvalue weighted by Gasteiger charge is 2.19. The number of unbranched alkanes of at least 4 members (excludes halogenated alkanes) is 1. The molecule has 154 valence electrons. The van der Waals surface area contributed by atoms with E-state index in [2.05, 4.69) is 26.6 Å².